The second-order valence-electron chi connectivity index (χ2n) is 8.28. The quantitative estimate of drug-likeness (QED) is 0.293. The molecular formula is C30H18N2. The zero-order chi connectivity index (χ0) is 21.1. The Morgan fingerprint density at radius 1 is 0.469 bits per heavy atom. The van der Waals surface area contributed by atoms with Gasteiger partial charge in [0, 0.05) is 18.0 Å². The average molecular weight is 406 g/mol. The molecule has 4 aromatic carbocycles. The fraction of sp³-hybridized carbons (Fsp3) is 0. The van der Waals surface area contributed by atoms with Crippen molar-refractivity contribution in [1.29, 1.82) is 0 Å². The van der Waals surface area contributed by atoms with Gasteiger partial charge in [0.05, 0.1) is 11.4 Å². The monoisotopic (exact) mass is 406 g/mol. The van der Waals surface area contributed by atoms with Crippen molar-refractivity contribution in [2.45, 2.75) is 0 Å². The van der Waals surface area contributed by atoms with E-state index in [9.17, 15) is 0 Å². The third-order valence-corrected chi connectivity index (χ3v) is 6.51. The number of aromatic nitrogens is 2. The van der Waals surface area contributed by atoms with Gasteiger partial charge >= 0.3 is 0 Å². The minimum Gasteiger partial charge on any atom is -0.255 e. The predicted octanol–water partition coefficient (Wildman–Crippen LogP) is 7.76. The summed E-state index contributed by atoms with van der Waals surface area (Å²) in [6.07, 6.45) is 3.76. The molecule has 0 atom stereocenters. The molecule has 32 heavy (non-hydrogen) atoms. The number of benzene rings is 4. The lowest BCUT2D eigenvalue weighted by Gasteiger charge is -2.10. The Kier molecular flexibility index (Phi) is 3.58. The van der Waals surface area contributed by atoms with E-state index in [1.165, 1.54) is 49.4 Å². The lowest BCUT2D eigenvalue weighted by atomic mass is 9.95. The van der Waals surface area contributed by atoms with E-state index in [-0.39, 0.29) is 0 Å². The lowest BCUT2D eigenvalue weighted by Crippen LogP contribution is -1.88. The predicted molar refractivity (Wildman–Crippen MR) is 132 cm³/mol. The van der Waals surface area contributed by atoms with Crippen LogP contribution in [0.4, 0.5) is 0 Å². The molecule has 6 aromatic rings. The molecule has 2 nitrogen and oxygen atoms in total. The van der Waals surface area contributed by atoms with Crippen LogP contribution in [0.1, 0.15) is 0 Å². The van der Waals surface area contributed by atoms with Gasteiger partial charge in [-0.3, -0.25) is 9.97 Å². The summed E-state index contributed by atoms with van der Waals surface area (Å²) >= 11 is 0. The maximum atomic E-state index is 4.71. The number of pyridine rings is 2. The second kappa shape index (κ2) is 6.60. The summed E-state index contributed by atoms with van der Waals surface area (Å²) in [6, 6.07) is 34.5. The largest absolute Gasteiger partial charge is 0.255 e. The van der Waals surface area contributed by atoms with Crippen LogP contribution < -0.4 is 0 Å². The summed E-state index contributed by atoms with van der Waals surface area (Å²) in [5.74, 6) is 0. The zero-order valence-corrected chi connectivity index (χ0v) is 17.3. The maximum Gasteiger partial charge on any atom is 0.0886 e. The van der Waals surface area contributed by atoms with Gasteiger partial charge in [-0.25, -0.2) is 0 Å². The van der Waals surface area contributed by atoms with Crippen LogP contribution in [0.25, 0.3) is 66.3 Å². The van der Waals surface area contributed by atoms with E-state index in [0.717, 1.165) is 17.0 Å². The first-order valence-corrected chi connectivity index (χ1v) is 10.8. The van der Waals surface area contributed by atoms with Crippen molar-refractivity contribution in [3.8, 4) is 44.8 Å². The molecule has 1 aliphatic carbocycles. The molecule has 0 aliphatic heterocycles. The van der Waals surface area contributed by atoms with Gasteiger partial charge in [-0.2, -0.15) is 0 Å². The average Bonchev–Trinajstić information content (AvgIpc) is 3.18. The van der Waals surface area contributed by atoms with Crippen LogP contribution in [0.15, 0.2) is 109 Å². The highest BCUT2D eigenvalue weighted by atomic mass is 14.8. The highest BCUT2D eigenvalue weighted by molar-refractivity contribution is 6.20. The summed E-state index contributed by atoms with van der Waals surface area (Å²) < 4.78 is 0. The van der Waals surface area contributed by atoms with Gasteiger partial charge in [0.15, 0.2) is 0 Å². The van der Waals surface area contributed by atoms with E-state index in [1.54, 1.807) is 6.20 Å². The highest BCUT2D eigenvalue weighted by Gasteiger charge is 2.23. The van der Waals surface area contributed by atoms with Crippen LogP contribution in [0, 0.1) is 0 Å². The molecule has 0 spiro atoms. The van der Waals surface area contributed by atoms with Gasteiger partial charge in [-0.1, -0.05) is 66.7 Å². The number of hydrogen-bond donors (Lipinski definition) is 0. The first-order chi connectivity index (χ1) is 15.9. The van der Waals surface area contributed by atoms with Crippen LogP contribution in [-0.2, 0) is 0 Å². The molecule has 2 heteroatoms. The Balaban J connectivity index is 1.42. The molecule has 0 bridgehead atoms. The molecule has 1 aliphatic rings. The Morgan fingerprint density at radius 3 is 1.91 bits per heavy atom. The van der Waals surface area contributed by atoms with Crippen LogP contribution in [0.3, 0.4) is 0 Å². The molecule has 7 rings (SSSR count). The van der Waals surface area contributed by atoms with Gasteiger partial charge in [-0.15, -0.1) is 0 Å². The lowest BCUT2D eigenvalue weighted by molar-refractivity contribution is 1.25. The molecule has 2 heterocycles. The normalized spacial score (nSPS) is 11.8. The molecule has 0 saturated heterocycles. The van der Waals surface area contributed by atoms with Crippen molar-refractivity contribution in [2.75, 3.05) is 0 Å². The van der Waals surface area contributed by atoms with Gasteiger partial charge < -0.3 is 0 Å². The maximum absolute atomic E-state index is 4.71. The summed E-state index contributed by atoms with van der Waals surface area (Å²) in [6.45, 7) is 0. The van der Waals surface area contributed by atoms with Gasteiger partial charge in [0.2, 0.25) is 0 Å². The number of hydrogen-bond acceptors (Lipinski definition) is 2. The first-order valence-electron chi connectivity index (χ1n) is 10.8. The second-order valence-corrected chi connectivity index (χ2v) is 8.28. The van der Waals surface area contributed by atoms with Crippen molar-refractivity contribution in [1.82, 2.24) is 9.97 Å². The van der Waals surface area contributed by atoms with E-state index in [4.69, 9.17) is 4.98 Å². The zero-order valence-electron chi connectivity index (χ0n) is 17.3. The van der Waals surface area contributed by atoms with Gasteiger partial charge in [0.25, 0.3) is 0 Å². The van der Waals surface area contributed by atoms with E-state index in [0.29, 0.717) is 0 Å². The Hall–Kier alpha value is -4.30. The molecule has 0 saturated carbocycles. The number of rotatable bonds is 2. The van der Waals surface area contributed by atoms with Crippen molar-refractivity contribution in [2.24, 2.45) is 0 Å². The van der Waals surface area contributed by atoms with Crippen molar-refractivity contribution >= 4 is 21.5 Å². The van der Waals surface area contributed by atoms with E-state index < -0.39 is 0 Å². The molecule has 148 valence electrons. The van der Waals surface area contributed by atoms with Crippen molar-refractivity contribution in [3.05, 3.63) is 109 Å². The SMILES string of the molecule is c1ccc(-c2ccc(-c3ccc4c5c(cccc35)-c3cc5ccccc5cc3-4)cn2)nc1. The Morgan fingerprint density at radius 2 is 1.19 bits per heavy atom. The summed E-state index contributed by atoms with van der Waals surface area (Å²) in [5, 5.41) is 5.17. The minimum atomic E-state index is 0.888. The topological polar surface area (TPSA) is 25.8 Å². The van der Waals surface area contributed by atoms with Crippen LogP contribution >= 0.6 is 0 Å². The van der Waals surface area contributed by atoms with Crippen LogP contribution in [0.2, 0.25) is 0 Å². The van der Waals surface area contributed by atoms with Crippen molar-refractivity contribution < 1.29 is 0 Å². The fourth-order valence-corrected chi connectivity index (χ4v) is 5.01. The van der Waals surface area contributed by atoms with E-state index in [1.807, 2.05) is 24.4 Å². The first kappa shape index (κ1) is 17.4. The Labute approximate surface area is 185 Å². The van der Waals surface area contributed by atoms with Gasteiger partial charge in [0.1, 0.15) is 0 Å². The van der Waals surface area contributed by atoms with Crippen molar-refractivity contribution in [3.63, 3.8) is 0 Å². The van der Waals surface area contributed by atoms with E-state index in [2.05, 4.69) is 83.8 Å². The summed E-state index contributed by atoms with van der Waals surface area (Å²) in [4.78, 5) is 9.12. The standard InChI is InChI=1S/C30H18N2/c1-2-7-20-17-27-25-13-12-22(21-11-14-29(32-18-21)28-10-3-4-15-31-28)23-8-5-9-24(30(23)25)26(27)16-19(20)6-1/h1-18H. The third kappa shape index (κ3) is 2.47. The minimum absolute atomic E-state index is 0.888. The third-order valence-electron chi connectivity index (χ3n) is 6.51. The molecule has 0 N–H and O–H groups in total. The van der Waals surface area contributed by atoms with Crippen LogP contribution in [-0.4, -0.2) is 9.97 Å². The number of nitrogens with zero attached hydrogens (tertiary/aromatic N) is 2. The number of fused-ring (bicyclic) bond motifs is 4. The van der Waals surface area contributed by atoms with Gasteiger partial charge in [-0.05, 0) is 79.7 Å². The smallest absolute Gasteiger partial charge is 0.0886 e. The molecule has 0 unspecified atom stereocenters. The summed E-state index contributed by atoms with van der Waals surface area (Å²) in [7, 11) is 0. The molecular weight excluding hydrogens is 388 g/mol. The highest BCUT2D eigenvalue weighted by Crippen LogP contribution is 2.50. The fourth-order valence-electron chi connectivity index (χ4n) is 5.01. The summed E-state index contributed by atoms with van der Waals surface area (Å²) in [5.41, 5.74) is 9.39. The molecule has 0 radical (unpaired) electrons. The van der Waals surface area contributed by atoms with Crippen LogP contribution in [0.5, 0.6) is 0 Å². The van der Waals surface area contributed by atoms with E-state index >= 15 is 0 Å². The Bertz CT molecular complexity index is 1600. The molecule has 2 aromatic heterocycles. The molecule has 0 amide bonds. The molecule has 0 fully saturated rings.